The van der Waals surface area contributed by atoms with Crippen molar-refractivity contribution in [2.24, 2.45) is 0 Å². The lowest BCUT2D eigenvalue weighted by Gasteiger charge is -2.22. The smallest absolute Gasteiger partial charge is 0.247 e. The molecule has 0 radical (unpaired) electrons. The number of aliphatic hydroxyl groups is 2. The van der Waals surface area contributed by atoms with Crippen LogP contribution in [0.1, 0.15) is 0 Å². The van der Waals surface area contributed by atoms with E-state index in [0.717, 1.165) is 0 Å². The van der Waals surface area contributed by atoms with Crippen molar-refractivity contribution in [3.63, 3.8) is 0 Å². The van der Waals surface area contributed by atoms with E-state index >= 15 is 0 Å². The number of rotatable bonds is 9. The van der Waals surface area contributed by atoms with Crippen molar-refractivity contribution in [3.8, 4) is 5.88 Å². The minimum absolute atomic E-state index is 0.0373. The maximum atomic E-state index is 11.9. The van der Waals surface area contributed by atoms with Crippen LogP contribution in [0.25, 0.3) is 0 Å². The third kappa shape index (κ3) is 5.24. The second kappa shape index (κ2) is 10.5. The molecule has 12 heteroatoms. The quantitative estimate of drug-likeness (QED) is 0.380. The molecule has 3 heterocycles. The number of hydrogen-bond acceptors (Lipinski definition) is 10. The summed E-state index contributed by atoms with van der Waals surface area (Å²) in [5.74, 6) is 0.00292. The molecule has 34 heavy (non-hydrogen) atoms. The Bertz CT molecular complexity index is 1060. The summed E-state index contributed by atoms with van der Waals surface area (Å²) < 4.78 is 17.1. The van der Waals surface area contributed by atoms with Gasteiger partial charge in [0.25, 0.3) is 0 Å². The van der Waals surface area contributed by atoms with Crippen molar-refractivity contribution in [2.45, 2.75) is 24.4 Å². The van der Waals surface area contributed by atoms with E-state index in [-0.39, 0.29) is 42.6 Å². The Hall–Kier alpha value is -2.96. The number of likely N-dealkylation sites (N-methyl/N-ethyl adjacent to an activating group) is 1. The van der Waals surface area contributed by atoms with Gasteiger partial charge >= 0.3 is 0 Å². The molecule has 4 atom stereocenters. The average Bonchev–Trinajstić information content (AvgIpc) is 3.39. The summed E-state index contributed by atoms with van der Waals surface area (Å²) >= 11 is 6.24. The number of carbonyl (C=O) groups excluding carboxylic acids is 1. The molecule has 2 aromatic rings. The van der Waals surface area contributed by atoms with Crippen LogP contribution in [0.4, 0.5) is 23.0 Å². The number of nitrogens with zero attached hydrogens (tertiary/aromatic N) is 3. The highest BCUT2D eigenvalue weighted by atomic mass is 35.5. The SMILES string of the molecule is C=CC(=O)Nc1cc(Nc2ncc(Cl)c(O[C@@H]3CO[C@H]4[C@@H]3OC[C@H]4O)n2)ccc1N(C)CCO. The average molecular weight is 492 g/mol. The zero-order valence-corrected chi connectivity index (χ0v) is 19.2. The van der Waals surface area contributed by atoms with E-state index in [9.17, 15) is 15.0 Å². The molecular formula is C22H26ClN5O6. The maximum Gasteiger partial charge on any atom is 0.247 e. The minimum Gasteiger partial charge on any atom is -0.468 e. The summed E-state index contributed by atoms with van der Waals surface area (Å²) in [6.45, 7) is 4.26. The van der Waals surface area contributed by atoms with Gasteiger partial charge in [0.05, 0.1) is 37.4 Å². The monoisotopic (exact) mass is 491 g/mol. The Balaban J connectivity index is 1.52. The Kier molecular flexibility index (Phi) is 7.49. The summed E-state index contributed by atoms with van der Waals surface area (Å²) in [4.78, 5) is 22.3. The molecule has 182 valence electrons. The van der Waals surface area contributed by atoms with Gasteiger partial charge < -0.3 is 40.0 Å². The van der Waals surface area contributed by atoms with Crippen LogP contribution in [0, 0.1) is 0 Å². The van der Waals surface area contributed by atoms with Gasteiger partial charge in [-0.1, -0.05) is 18.2 Å². The van der Waals surface area contributed by atoms with Crippen molar-refractivity contribution in [1.29, 1.82) is 0 Å². The molecular weight excluding hydrogens is 466 g/mol. The highest BCUT2D eigenvalue weighted by Crippen LogP contribution is 2.33. The summed E-state index contributed by atoms with van der Waals surface area (Å²) in [6.07, 6.45) is 0.586. The molecule has 0 spiro atoms. The topological polar surface area (TPSA) is 138 Å². The molecule has 1 aromatic carbocycles. The summed E-state index contributed by atoms with van der Waals surface area (Å²) in [5.41, 5.74) is 1.83. The standard InChI is InChI=1S/C22H26ClN5O6/c1-3-18(31)26-14-8-12(4-5-15(14)28(2)6-7-29)25-22-24-9-13(23)21(27-22)34-17-11-33-19-16(30)10-32-20(17)19/h3-5,8-9,16-17,19-20,29-30H,1,6-7,10-11H2,2H3,(H,26,31)(H,24,25,27)/t16-,17-,19-,20-/m1/s1. The van der Waals surface area contributed by atoms with Gasteiger partial charge in [0.2, 0.25) is 17.7 Å². The molecule has 4 rings (SSSR count). The van der Waals surface area contributed by atoms with Gasteiger partial charge in [-0.05, 0) is 24.3 Å². The fourth-order valence-corrected chi connectivity index (χ4v) is 3.95. The van der Waals surface area contributed by atoms with Gasteiger partial charge in [0.15, 0.2) is 6.10 Å². The number of fused-ring (bicyclic) bond motifs is 1. The van der Waals surface area contributed by atoms with Gasteiger partial charge in [-0.3, -0.25) is 4.79 Å². The van der Waals surface area contributed by atoms with Gasteiger partial charge in [0, 0.05) is 19.3 Å². The van der Waals surface area contributed by atoms with Gasteiger partial charge in [-0.25, -0.2) is 4.98 Å². The number of halogens is 1. The Morgan fingerprint density at radius 2 is 2.18 bits per heavy atom. The minimum atomic E-state index is -0.688. The van der Waals surface area contributed by atoms with E-state index in [1.54, 1.807) is 25.2 Å². The molecule has 0 bridgehead atoms. The summed E-state index contributed by atoms with van der Waals surface area (Å²) in [6, 6.07) is 5.30. The van der Waals surface area contributed by atoms with E-state index in [4.69, 9.17) is 25.8 Å². The van der Waals surface area contributed by atoms with Gasteiger partial charge in [0.1, 0.15) is 23.3 Å². The van der Waals surface area contributed by atoms with Crippen molar-refractivity contribution in [1.82, 2.24) is 9.97 Å². The molecule has 2 saturated heterocycles. The number of ether oxygens (including phenoxy) is 3. The number of anilines is 4. The first-order valence-corrected chi connectivity index (χ1v) is 11.0. The number of amides is 1. The molecule has 11 nitrogen and oxygen atoms in total. The third-order valence-corrected chi connectivity index (χ3v) is 5.76. The number of aliphatic hydroxyl groups excluding tert-OH is 2. The first kappa shape index (κ1) is 24.2. The first-order chi connectivity index (χ1) is 16.4. The zero-order valence-electron chi connectivity index (χ0n) is 18.5. The van der Waals surface area contributed by atoms with Crippen LogP contribution >= 0.6 is 11.6 Å². The van der Waals surface area contributed by atoms with E-state index in [2.05, 4.69) is 27.2 Å². The number of nitrogens with one attached hydrogen (secondary N) is 2. The van der Waals surface area contributed by atoms with Gasteiger partial charge in [-0.2, -0.15) is 4.98 Å². The van der Waals surface area contributed by atoms with Crippen LogP contribution in [-0.4, -0.2) is 83.9 Å². The van der Waals surface area contributed by atoms with Crippen molar-refractivity contribution in [3.05, 3.63) is 42.1 Å². The maximum absolute atomic E-state index is 11.9. The fourth-order valence-electron chi connectivity index (χ4n) is 3.81. The fraction of sp³-hybridized carbons (Fsp3) is 0.409. The lowest BCUT2D eigenvalue weighted by atomic mass is 10.1. The highest BCUT2D eigenvalue weighted by Gasteiger charge is 2.48. The number of aromatic nitrogens is 2. The molecule has 1 amide bonds. The molecule has 0 unspecified atom stereocenters. The van der Waals surface area contributed by atoms with E-state index < -0.39 is 24.4 Å². The number of hydrogen-bond donors (Lipinski definition) is 4. The van der Waals surface area contributed by atoms with Crippen molar-refractivity contribution >= 4 is 40.5 Å². The largest absolute Gasteiger partial charge is 0.468 e. The lowest BCUT2D eigenvalue weighted by molar-refractivity contribution is -0.111. The Labute approximate surface area is 201 Å². The normalized spacial score (nSPS) is 23.3. The molecule has 4 N–H and O–H groups in total. The van der Waals surface area contributed by atoms with Crippen molar-refractivity contribution in [2.75, 3.05) is 48.9 Å². The Morgan fingerprint density at radius 3 is 2.94 bits per heavy atom. The summed E-state index contributed by atoms with van der Waals surface area (Å²) in [5, 5.41) is 25.2. The second-order valence-electron chi connectivity index (χ2n) is 7.86. The van der Waals surface area contributed by atoms with E-state index in [1.165, 1.54) is 12.3 Å². The Morgan fingerprint density at radius 1 is 1.38 bits per heavy atom. The van der Waals surface area contributed by atoms with Crippen LogP contribution in [0.3, 0.4) is 0 Å². The van der Waals surface area contributed by atoms with Crippen LogP contribution in [0.5, 0.6) is 5.88 Å². The molecule has 0 saturated carbocycles. The van der Waals surface area contributed by atoms with Gasteiger partial charge in [-0.15, -0.1) is 0 Å². The first-order valence-electron chi connectivity index (χ1n) is 10.7. The second-order valence-corrected chi connectivity index (χ2v) is 8.27. The zero-order chi connectivity index (χ0) is 24.2. The van der Waals surface area contributed by atoms with Crippen LogP contribution < -0.4 is 20.3 Å². The predicted octanol–water partition coefficient (Wildman–Crippen LogP) is 1.33. The highest BCUT2D eigenvalue weighted by molar-refractivity contribution is 6.31. The third-order valence-electron chi connectivity index (χ3n) is 5.50. The molecule has 2 aliphatic rings. The van der Waals surface area contributed by atoms with E-state index in [1.807, 2.05) is 4.90 Å². The molecule has 0 aliphatic carbocycles. The van der Waals surface area contributed by atoms with Crippen LogP contribution in [-0.2, 0) is 14.3 Å². The van der Waals surface area contributed by atoms with Crippen molar-refractivity contribution < 1.29 is 29.2 Å². The molecule has 2 aliphatic heterocycles. The molecule has 2 fully saturated rings. The number of carbonyl (C=O) groups is 1. The van der Waals surface area contributed by atoms with Crippen LogP contribution in [0.15, 0.2) is 37.1 Å². The summed E-state index contributed by atoms with van der Waals surface area (Å²) in [7, 11) is 1.80. The predicted molar refractivity (Wildman–Crippen MR) is 126 cm³/mol. The van der Waals surface area contributed by atoms with Crippen LogP contribution in [0.2, 0.25) is 5.02 Å². The molecule has 1 aromatic heterocycles. The lowest BCUT2D eigenvalue weighted by Crippen LogP contribution is -2.34. The number of benzene rings is 1. The van der Waals surface area contributed by atoms with E-state index in [0.29, 0.717) is 23.6 Å².